The molecule has 1 N–H and O–H groups in total. The summed E-state index contributed by atoms with van der Waals surface area (Å²) in [6, 6.07) is 50.4. The maximum atomic E-state index is 12.6. The van der Waals surface area contributed by atoms with Gasteiger partial charge in [0.15, 0.2) is 0 Å². The standard InChI is InChI=1S/C67H62N3O.Pt/c1-42(2)50-37-57(44(5)6)65(71)60(38-50)66-69-64-55(26-19-27-62(64)70(66)63-41-58(47-22-15-11-16-23-47)56(43(3)4)40-59(63)48-24-17-12-18-25-48)52-34-51(45-20-13-10-14-21-45)35-53(36-52)61-39-49(32-33-68-61)46-28-30-54(31-29-46)67(7,8)9;/h10-35,37-44,71H,1-9H3;/q-1;/i7D3,8D3,9D3,28D,29D,30D,31D,43D;. The number of fused-ring (bicyclic) bond motifs is 1. The molecule has 0 aliphatic heterocycles. The third-order valence-electron chi connectivity index (χ3n) is 13.1. The molecule has 2 heterocycles. The molecule has 0 spiro atoms. The smallest absolute Gasteiger partial charge is 0.148 e. The predicted octanol–water partition coefficient (Wildman–Crippen LogP) is 18.3. The van der Waals surface area contributed by atoms with Gasteiger partial charge in [0, 0.05) is 52.2 Å². The molecule has 362 valence electrons. The van der Waals surface area contributed by atoms with Crippen molar-refractivity contribution in [2.45, 2.75) is 85.2 Å². The molecule has 10 rings (SSSR count). The minimum Gasteiger partial charge on any atom is -0.507 e. The molecule has 10 aromatic rings. The van der Waals surface area contributed by atoms with Crippen LogP contribution in [0.2, 0.25) is 0 Å². The third kappa shape index (κ3) is 9.78. The molecule has 0 amide bonds. The van der Waals surface area contributed by atoms with Crippen molar-refractivity contribution in [2.75, 3.05) is 0 Å². The number of phenols is 1. The Morgan fingerprint density at radius 3 is 1.83 bits per heavy atom. The van der Waals surface area contributed by atoms with Gasteiger partial charge in [0.2, 0.25) is 0 Å². The number of hydrogen-bond donors (Lipinski definition) is 1. The van der Waals surface area contributed by atoms with Crippen LogP contribution < -0.4 is 0 Å². The number of para-hydroxylation sites is 1. The van der Waals surface area contributed by atoms with Crippen LogP contribution in [0.4, 0.5) is 0 Å². The van der Waals surface area contributed by atoms with Gasteiger partial charge in [0.05, 0.1) is 27.8 Å². The Labute approximate surface area is 460 Å². The number of phenolic OH excluding ortho intramolecular Hbond substituents is 1. The molecule has 8 aromatic carbocycles. The summed E-state index contributed by atoms with van der Waals surface area (Å²) in [6.45, 7) is 0.602. The van der Waals surface area contributed by atoms with Gasteiger partial charge in [-0.2, -0.15) is 0 Å². The first-order valence-electron chi connectivity index (χ1n) is 30.8. The Bertz CT molecular complexity index is 4120. The summed E-state index contributed by atoms with van der Waals surface area (Å²) in [7, 11) is 0. The van der Waals surface area contributed by atoms with E-state index in [4.69, 9.17) is 25.0 Å². The van der Waals surface area contributed by atoms with Crippen LogP contribution in [0.5, 0.6) is 5.75 Å². The number of nitrogens with zero attached hydrogens (tertiary/aromatic N) is 3. The van der Waals surface area contributed by atoms with Crippen molar-refractivity contribution in [2.24, 2.45) is 0 Å². The van der Waals surface area contributed by atoms with Gasteiger partial charge in [-0.1, -0.05) is 218 Å². The molecular formula is C67H62N3OPt-. The summed E-state index contributed by atoms with van der Waals surface area (Å²) in [5.41, 5.74) is 6.84. The van der Waals surface area contributed by atoms with Gasteiger partial charge in [-0.15, -0.1) is 23.8 Å². The average Bonchev–Trinajstić information content (AvgIpc) is 0.745. The summed E-state index contributed by atoms with van der Waals surface area (Å²) in [6.07, 6.45) is 1.41. The van der Waals surface area contributed by atoms with Crippen LogP contribution in [0.3, 0.4) is 0 Å². The van der Waals surface area contributed by atoms with Crippen molar-refractivity contribution in [1.29, 1.82) is 0 Å². The Balaban J connectivity index is 0.00000884. The van der Waals surface area contributed by atoms with E-state index in [1.54, 1.807) is 0 Å². The molecule has 0 fully saturated rings. The van der Waals surface area contributed by atoms with Crippen molar-refractivity contribution in [1.82, 2.24) is 14.5 Å². The second-order valence-electron chi connectivity index (χ2n) is 18.9. The van der Waals surface area contributed by atoms with Crippen molar-refractivity contribution in [3.05, 3.63) is 216 Å². The zero-order chi connectivity index (χ0) is 61.5. The first kappa shape index (κ1) is 35.1. The summed E-state index contributed by atoms with van der Waals surface area (Å²) in [4.78, 5) is 10.4. The van der Waals surface area contributed by atoms with Crippen molar-refractivity contribution < 1.29 is 45.4 Å². The number of rotatable bonds is 11. The van der Waals surface area contributed by atoms with Crippen LogP contribution >= 0.6 is 0 Å². The summed E-state index contributed by atoms with van der Waals surface area (Å²) in [5, 5.41) is 12.6. The van der Waals surface area contributed by atoms with Gasteiger partial charge in [-0.05, 0) is 109 Å². The van der Waals surface area contributed by atoms with E-state index in [2.05, 4.69) is 42.7 Å². The third-order valence-corrected chi connectivity index (χ3v) is 13.1. The molecule has 0 atom stereocenters. The van der Waals surface area contributed by atoms with Gasteiger partial charge in [0.25, 0.3) is 0 Å². The predicted molar refractivity (Wildman–Crippen MR) is 298 cm³/mol. The fourth-order valence-electron chi connectivity index (χ4n) is 9.29. The van der Waals surface area contributed by atoms with Crippen LogP contribution in [0.15, 0.2) is 188 Å². The van der Waals surface area contributed by atoms with Crippen molar-refractivity contribution in [3.8, 4) is 89.7 Å². The normalized spacial score (nSPS) is 15.2. The van der Waals surface area contributed by atoms with E-state index in [1.165, 1.54) is 18.3 Å². The van der Waals surface area contributed by atoms with Crippen LogP contribution in [0, 0.1) is 6.07 Å². The van der Waals surface area contributed by atoms with E-state index in [-0.39, 0.29) is 55.5 Å². The van der Waals surface area contributed by atoms with Crippen LogP contribution in [0.1, 0.15) is 121 Å². The van der Waals surface area contributed by atoms with Crippen molar-refractivity contribution >= 4 is 11.0 Å². The van der Waals surface area contributed by atoms with Gasteiger partial charge in [-0.3, -0.25) is 9.55 Å². The van der Waals surface area contributed by atoms with E-state index in [0.29, 0.717) is 39.1 Å². The largest absolute Gasteiger partial charge is 0.507 e. The van der Waals surface area contributed by atoms with E-state index in [9.17, 15) is 9.22 Å². The second-order valence-corrected chi connectivity index (χ2v) is 18.9. The molecule has 2 aromatic heterocycles. The van der Waals surface area contributed by atoms with E-state index in [1.807, 2.05) is 155 Å². The van der Waals surface area contributed by atoms with Gasteiger partial charge in [0.1, 0.15) is 11.6 Å². The monoisotopic (exact) mass is 1130 g/mol. The summed E-state index contributed by atoms with van der Waals surface area (Å²) in [5.74, 6) is -0.445. The molecular weight excluding hydrogens is 1060 g/mol. The van der Waals surface area contributed by atoms with Crippen LogP contribution in [-0.4, -0.2) is 19.6 Å². The first-order chi connectivity index (χ1) is 40.0. The van der Waals surface area contributed by atoms with E-state index in [0.717, 1.165) is 55.8 Å². The maximum absolute atomic E-state index is 12.6. The van der Waals surface area contributed by atoms with Gasteiger partial charge in [-0.25, -0.2) is 4.98 Å². The SMILES string of the molecule is [2H]c1c([2H])c(C(C([2H])([2H])[2H])(C([2H])([2H])[2H])C([2H])([2H])[2H])c([2H])c([2H])c1-c1ccnc(-c2[c-]c(-c3cccc4c3nc(-c3cc(C(C)C)cc(C(C)C)c3O)n4-c3cc(-c4ccccc4)c(C([2H])(C)C)cc3-c3ccccc3)cc(-c3ccccc3)c2)c1.[Pt]. The second kappa shape index (κ2) is 20.5. The quantitative estimate of drug-likeness (QED) is 0.131. The van der Waals surface area contributed by atoms with Gasteiger partial charge < -0.3 is 5.11 Å². The molecule has 0 bridgehead atoms. The summed E-state index contributed by atoms with van der Waals surface area (Å²) >= 11 is 0. The number of imidazole rings is 1. The molecule has 0 saturated carbocycles. The molecule has 0 aliphatic carbocycles. The molecule has 0 saturated heterocycles. The molecule has 0 unspecified atom stereocenters. The van der Waals surface area contributed by atoms with E-state index >= 15 is 0 Å². The Morgan fingerprint density at radius 1 is 0.569 bits per heavy atom. The Hall–Kier alpha value is -7.13. The molecule has 0 aliphatic rings. The fourth-order valence-corrected chi connectivity index (χ4v) is 9.29. The minimum absolute atomic E-state index is 0. The number of pyridine rings is 1. The Kier molecular flexibility index (Phi) is 10.0. The number of aromatic nitrogens is 3. The van der Waals surface area contributed by atoms with Crippen LogP contribution in [-0.2, 0) is 26.5 Å². The molecule has 5 heteroatoms. The maximum Gasteiger partial charge on any atom is 0.148 e. The number of benzene rings is 8. The first-order valence-corrected chi connectivity index (χ1v) is 23.8. The van der Waals surface area contributed by atoms with Gasteiger partial charge >= 0.3 is 0 Å². The summed E-state index contributed by atoms with van der Waals surface area (Å²) < 4.78 is 123. The van der Waals surface area contributed by atoms with E-state index < -0.39 is 61.6 Å². The minimum atomic E-state index is -3.83. The van der Waals surface area contributed by atoms with Crippen LogP contribution in [0.25, 0.3) is 95.0 Å². The molecule has 4 nitrogen and oxygen atoms in total. The molecule has 72 heavy (non-hydrogen) atoms. The number of hydrogen-bond acceptors (Lipinski definition) is 3. The fraction of sp³-hybridized carbons (Fsp3) is 0.194. The Morgan fingerprint density at radius 2 is 1.21 bits per heavy atom. The zero-order valence-corrected chi connectivity index (χ0v) is 43.1. The van der Waals surface area contributed by atoms with Crippen molar-refractivity contribution in [3.63, 3.8) is 0 Å². The topological polar surface area (TPSA) is 50.9 Å². The zero-order valence-electron chi connectivity index (χ0n) is 54.8. The number of aromatic hydroxyl groups is 1. The molecule has 0 radical (unpaired) electrons. The average molecular weight is 1130 g/mol.